The van der Waals surface area contributed by atoms with Gasteiger partial charge in [0.2, 0.25) is 0 Å². The van der Waals surface area contributed by atoms with Crippen LogP contribution in [0.15, 0.2) is 35.3 Å². The summed E-state index contributed by atoms with van der Waals surface area (Å²) in [6.45, 7) is 3.96. The second kappa shape index (κ2) is 8.49. The average Bonchev–Trinajstić information content (AvgIpc) is 2.94. The van der Waals surface area contributed by atoms with Crippen molar-refractivity contribution < 1.29 is 0 Å². The number of nitrogens with zero attached hydrogens (tertiary/aromatic N) is 1. The molecular formula is C16H26IN3. The molecule has 2 N–H and O–H groups in total. The monoisotopic (exact) mass is 387 g/mol. The average molecular weight is 387 g/mol. The minimum absolute atomic E-state index is 0. The number of hydrogen-bond acceptors (Lipinski definition) is 1. The Morgan fingerprint density at radius 1 is 1.15 bits per heavy atom. The third-order valence-electron chi connectivity index (χ3n) is 4.11. The molecule has 4 heteroatoms. The highest BCUT2D eigenvalue weighted by Gasteiger charge is 2.35. The van der Waals surface area contributed by atoms with Crippen LogP contribution in [0.2, 0.25) is 0 Å². The summed E-state index contributed by atoms with van der Waals surface area (Å²) in [5, 5.41) is 6.75. The molecule has 0 spiro atoms. The molecule has 0 unspecified atom stereocenters. The fourth-order valence-corrected chi connectivity index (χ4v) is 3.05. The third-order valence-corrected chi connectivity index (χ3v) is 4.11. The lowest BCUT2D eigenvalue weighted by molar-refractivity contribution is 0.432. The Labute approximate surface area is 139 Å². The van der Waals surface area contributed by atoms with Crippen molar-refractivity contribution >= 4 is 29.9 Å². The summed E-state index contributed by atoms with van der Waals surface area (Å²) in [5.41, 5.74) is 1.75. The molecule has 0 atom stereocenters. The van der Waals surface area contributed by atoms with E-state index >= 15 is 0 Å². The molecule has 1 aliphatic carbocycles. The topological polar surface area (TPSA) is 36.4 Å². The van der Waals surface area contributed by atoms with Crippen LogP contribution in [0.25, 0.3) is 0 Å². The van der Waals surface area contributed by atoms with Crippen LogP contribution in [-0.4, -0.2) is 26.1 Å². The van der Waals surface area contributed by atoms with E-state index < -0.39 is 0 Å². The van der Waals surface area contributed by atoms with E-state index in [0.717, 1.165) is 19.0 Å². The Morgan fingerprint density at radius 3 is 2.35 bits per heavy atom. The Kier molecular flexibility index (Phi) is 7.34. The van der Waals surface area contributed by atoms with E-state index in [9.17, 15) is 0 Å². The number of rotatable bonds is 4. The maximum Gasteiger partial charge on any atom is 0.190 e. The van der Waals surface area contributed by atoms with Gasteiger partial charge in [0.05, 0.1) is 0 Å². The quantitative estimate of drug-likeness (QED) is 0.473. The van der Waals surface area contributed by atoms with Crippen molar-refractivity contribution in [3.8, 4) is 0 Å². The summed E-state index contributed by atoms with van der Waals surface area (Å²) < 4.78 is 0. The predicted octanol–water partition coefficient (Wildman–Crippen LogP) is 3.30. The van der Waals surface area contributed by atoms with Gasteiger partial charge in [-0.2, -0.15) is 0 Å². The van der Waals surface area contributed by atoms with Crippen LogP contribution in [0.3, 0.4) is 0 Å². The van der Waals surface area contributed by atoms with Crippen LogP contribution in [0.1, 0.15) is 38.2 Å². The van der Waals surface area contributed by atoms with Gasteiger partial charge in [-0.05, 0) is 25.3 Å². The molecule has 3 nitrogen and oxygen atoms in total. The molecular weight excluding hydrogens is 361 g/mol. The number of benzene rings is 1. The Hall–Kier alpha value is -0.780. The van der Waals surface area contributed by atoms with E-state index in [1.54, 1.807) is 0 Å². The maximum atomic E-state index is 4.26. The smallest absolute Gasteiger partial charge is 0.190 e. The predicted molar refractivity (Wildman–Crippen MR) is 97.0 cm³/mol. The van der Waals surface area contributed by atoms with Crippen molar-refractivity contribution in [2.24, 2.45) is 4.99 Å². The molecule has 0 saturated heterocycles. The fraction of sp³-hybridized carbons (Fsp3) is 0.562. The van der Waals surface area contributed by atoms with Gasteiger partial charge >= 0.3 is 0 Å². The van der Waals surface area contributed by atoms with Gasteiger partial charge < -0.3 is 10.6 Å². The molecule has 0 radical (unpaired) electrons. The lowest BCUT2D eigenvalue weighted by atomic mass is 9.79. The maximum absolute atomic E-state index is 4.26. The number of halogens is 1. The highest BCUT2D eigenvalue weighted by atomic mass is 127. The number of nitrogens with one attached hydrogen (secondary N) is 2. The van der Waals surface area contributed by atoms with Crippen LogP contribution < -0.4 is 10.6 Å². The first-order chi connectivity index (χ1) is 9.30. The Morgan fingerprint density at radius 2 is 1.80 bits per heavy atom. The number of aliphatic imine (C=N–C) groups is 1. The van der Waals surface area contributed by atoms with E-state index in [4.69, 9.17) is 0 Å². The molecule has 0 heterocycles. The molecule has 1 aromatic carbocycles. The second-order valence-corrected chi connectivity index (χ2v) is 5.31. The number of guanidine groups is 1. The summed E-state index contributed by atoms with van der Waals surface area (Å²) in [7, 11) is 1.83. The minimum atomic E-state index is 0. The van der Waals surface area contributed by atoms with Crippen molar-refractivity contribution in [1.29, 1.82) is 0 Å². The lowest BCUT2D eigenvalue weighted by Crippen LogP contribution is -2.44. The van der Waals surface area contributed by atoms with Crippen molar-refractivity contribution in [1.82, 2.24) is 10.6 Å². The zero-order valence-corrected chi connectivity index (χ0v) is 14.8. The molecule has 1 aromatic rings. The molecule has 2 rings (SSSR count). The molecule has 0 amide bonds. The summed E-state index contributed by atoms with van der Waals surface area (Å²) in [6, 6.07) is 10.9. The lowest BCUT2D eigenvalue weighted by Gasteiger charge is -2.30. The van der Waals surface area contributed by atoms with Gasteiger partial charge in [0.1, 0.15) is 0 Å². The summed E-state index contributed by atoms with van der Waals surface area (Å²) in [4.78, 5) is 4.26. The van der Waals surface area contributed by atoms with Crippen molar-refractivity contribution in [3.05, 3.63) is 35.9 Å². The zero-order chi connectivity index (χ0) is 13.6. The summed E-state index contributed by atoms with van der Waals surface area (Å²) in [6.07, 6.45) is 5.20. The zero-order valence-electron chi connectivity index (χ0n) is 12.5. The van der Waals surface area contributed by atoms with Crippen LogP contribution in [-0.2, 0) is 5.41 Å². The van der Waals surface area contributed by atoms with Gasteiger partial charge in [-0.25, -0.2) is 0 Å². The SMILES string of the molecule is CCNC(=NC)NCC1(c2ccccc2)CCCC1.I. The second-order valence-electron chi connectivity index (χ2n) is 5.31. The van der Waals surface area contributed by atoms with Gasteiger partial charge in [-0.3, -0.25) is 4.99 Å². The van der Waals surface area contributed by atoms with Crippen molar-refractivity contribution in [3.63, 3.8) is 0 Å². The summed E-state index contributed by atoms with van der Waals surface area (Å²) >= 11 is 0. The van der Waals surface area contributed by atoms with Gasteiger partial charge in [0.25, 0.3) is 0 Å². The minimum Gasteiger partial charge on any atom is -0.357 e. The van der Waals surface area contributed by atoms with Crippen LogP contribution in [0, 0.1) is 0 Å². The van der Waals surface area contributed by atoms with Gasteiger partial charge in [0, 0.05) is 25.6 Å². The molecule has 0 aromatic heterocycles. The van der Waals surface area contributed by atoms with E-state index in [1.165, 1.54) is 31.2 Å². The van der Waals surface area contributed by atoms with Crippen molar-refractivity contribution in [2.75, 3.05) is 20.1 Å². The standard InChI is InChI=1S/C16H25N3.HI/c1-3-18-15(17-2)19-13-16(11-7-8-12-16)14-9-5-4-6-10-14;/h4-6,9-10H,3,7-8,11-13H2,1-2H3,(H2,17,18,19);1H. The molecule has 1 aliphatic rings. The van der Waals surface area contributed by atoms with E-state index in [1.807, 2.05) is 7.05 Å². The molecule has 20 heavy (non-hydrogen) atoms. The van der Waals surface area contributed by atoms with E-state index in [0.29, 0.717) is 0 Å². The number of hydrogen-bond donors (Lipinski definition) is 2. The van der Waals surface area contributed by atoms with Crippen LogP contribution in [0.4, 0.5) is 0 Å². The Balaban J connectivity index is 0.00000200. The van der Waals surface area contributed by atoms with Crippen molar-refractivity contribution in [2.45, 2.75) is 38.0 Å². The Bertz CT molecular complexity index is 411. The fourth-order valence-electron chi connectivity index (χ4n) is 3.05. The van der Waals surface area contributed by atoms with Crippen LogP contribution in [0.5, 0.6) is 0 Å². The van der Waals surface area contributed by atoms with Crippen LogP contribution >= 0.6 is 24.0 Å². The largest absolute Gasteiger partial charge is 0.357 e. The highest BCUT2D eigenvalue weighted by Crippen LogP contribution is 2.40. The molecule has 1 fully saturated rings. The van der Waals surface area contributed by atoms with Gasteiger partial charge in [0.15, 0.2) is 5.96 Å². The first-order valence-corrected chi connectivity index (χ1v) is 7.31. The van der Waals surface area contributed by atoms with E-state index in [2.05, 4.69) is 52.9 Å². The molecule has 0 aliphatic heterocycles. The molecule has 1 saturated carbocycles. The van der Waals surface area contributed by atoms with Gasteiger partial charge in [-0.1, -0.05) is 43.2 Å². The van der Waals surface area contributed by atoms with E-state index in [-0.39, 0.29) is 29.4 Å². The molecule has 0 bridgehead atoms. The normalized spacial score (nSPS) is 17.4. The summed E-state index contributed by atoms with van der Waals surface area (Å²) in [5.74, 6) is 0.907. The molecule has 112 valence electrons. The first-order valence-electron chi connectivity index (χ1n) is 7.31. The first kappa shape index (κ1) is 17.3. The third kappa shape index (κ3) is 4.11. The highest BCUT2D eigenvalue weighted by molar-refractivity contribution is 14.0. The van der Waals surface area contributed by atoms with Gasteiger partial charge in [-0.15, -0.1) is 24.0 Å².